The Bertz CT molecular complexity index is 737. The van der Waals surface area contributed by atoms with Gasteiger partial charge in [-0.3, -0.25) is 0 Å². The van der Waals surface area contributed by atoms with Gasteiger partial charge in [0.15, 0.2) is 17.5 Å². The normalized spacial score (nSPS) is 15.8. The molecule has 0 bridgehead atoms. The van der Waals surface area contributed by atoms with E-state index in [-0.39, 0.29) is 30.0 Å². The van der Waals surface area contributed by atoms with Crippen LogP contribution in [0.25, 0.3) is 0 Å². The number of benzene rings is 2. The second-order valence-corrected chi connectivity index (χ2v) is 5.07. The van der Waals surface area contributed by atoms with Gasteiger partial charge < -0.3 is 25.3 Å². The standard InChI is InChI=1S/C17H19N3O3.HI/c1-21-15-8-7-11(9-16(15)22-2)19-17(18)20-13-10-23-14-6-4-3-5-12(13)14;/h3-9,13H,10H2,1-2H3,(H3,18,19,20);1H. The van der Waals surface area contributed by atoms with Crippen LogP contribution >= 0.6 is 24.0 Å². The first-order valence-electron chi connectivity index (χ1n) is 7.25. The predicted molar refractivity (Wildman–Crippen MR) is 105 cm³/mol. The Morgan fingerprint density at radius 3 is 2.67 bits per heavy atom. The lowest BCUT2D eigenvalue weighted by atomic mass is 10.1. The third-order valence-electron chi connectivity index (χ3n) is 3.63. The number of nitrogens with zero attached hydrogens (tertiary/aromatic N) is 1. The van der Waals surface area contributed by atoms with Crippen LogP contribution in [-0.4, -0.2) is 26.8 Å². The number of hydrogen-bond donors (Lipinski definition) is 2. The largest absolute Gasteiger partial charge is 0.493 e. The first-order chi connectivity index (χ1) is 11.2. The third kappa shape index (κ3) is 3.84. The monoisotopic (exact) mass is 441 g/mol. The second kappa shape index (κ2) is 8.09. The molecule has 0 amide bonds. The molecule has 0 saturated heterocycles. The Hall–Kier alpha value is -2.16. The van der Waals surface area contributed by atoms with Gasteiger partial charge in [0.05, 0.1) is 14.2 Å². The second-order valence-electron chi connectivity index (χ2n) is 5.07. The highest BCUT2D eigenvalue weighted by Crippen LogP contribution is 2.34. The highest BCUT2D eigenvalue weighted by atomic mass is 127. The van der Waals surface area contributed by atoms with E-state index in [2.05, 4.69) is 10.3 Å². The van der Waals surface area contributed by atoms with Crippen LogP contribution in [-0.2, 0) is 0 Å². The molecule has 1 aliphatic rings. The lowest BCUT2D eigenvalue weighted by Crippen LogP contribution is -2.23. The minimum absolute atomic E-state index is 0. The molecule has 2 aromatic rings. The number of rotatable bonds is 4. The van der Waals surface area contributed by atoms with Gasteiger partial charge >= 0.3 is 0 Å². The van der Waals surface area contributed by atoms with Gasteiger partial charge in [-0.1, -0.05) is 18.2 Å². The van der Waals surface area contributed by atoms with Crippen molar-refractivity contribution < 1.29 is 14.2 Å². The molecular weight excluding hydrogens is 421 g/mol. The SMILES string of the molecule is COc1ccc(NC(N)=NC2COc3ccccc32)cc1OC.I. The fraction of sp³-hybridized carbons (Fsp3) is 0.235. The van der Waals surface area contributed by atoms with Crippen molar-refractivity contribution in [3.05, 3.63) is 48.0 Å². The van der Waals surface area contributed by atoms with E-state index in [4.69, 9.17) is 19.9 Å². The zero-order valence-corrected chi connectivity index (χ0v) is 15.8. The highest BCUT2D eigenvalue weighted by molar-refractivity contribution is 14.0. The van der Waals surface area contributed by atoms with E-state index >= 15 is 0 Å². The van der Waals surface area contributed by atoms with Crippen LogP contribution in [0, 0.1) is 0 Å². The number of nitrogens with one attached hydrogen (secondary N) is 1. The third-order valence-corrected chi connectivity index (χ3v) is 3.63. The van der Waals surface area contributed by atoms with Crippen LogP contribution in [0.4, 0.5) is 5.69 Å². The molecule has 0 aromatic heterocycles. The van der Waals surface area contributed by atoms with Crippen LogP contribution in [0.15, 0.2) is 47.5 Å². The molecule has 0 saturated carbocycles. The van der Waals surface area contributed by atoms with Gasteiger partial charge in [-0.25, -0.2) is 4.99 Å². The Kier molecular flexibility index (Phi) is 6.13. The molecule has 0 fully saturated rings. The van der Waals surface area contributed by atoms with E-state index in [9.17, 15) is 0 Å². The number of hydrogen-bond acceptors (Lipinski definition) is 4. The Morgan fingerprint density at radius 1 is 1.17 bits per heavy atom. The van der Waals surface area contributed by atoms with Crippen LogP contribution in [0.2, 0.25) is 0 Å². The minimum Gasteiger partial charge on any atom is -0.493 e. The smallest absolute Gasteiger partial charge is 0.193 e. The molecule has 24 heavy (non-hydrogen) atoms. The first-order valence-corrected chi connectivity index (χ1v) is 7.25. The Labute approximate surface area is 158 Å². The number of halogens is 1. The lowest BCUT2D eigenvalue weighted by Gasteiger charge is -2.12. The summed E-state index contributed by atoms with van der Waals surface area (Å²) >= 11 is 0. The lowest BCUT2D eigenvalue weighted by molar-refractivity contribution is 0.334. The van der Waals surface area contributed by atoms with Crippen molar-refractivity contribution in [3.8, 4) is 17.2 Å². The van der Waals surface area contributed by atoms with Gasteiger partial charge in [0.25, 0.3) is 0 Å². The molecule has 1 unspecified atom stereocenters. The number of guanidine groups is 1. The number of fused-ring (bicyclic) bond motifs is 1. The number of para-hydroxylation sites is 1. The summed E-state index contributed by atoms with van der Waals surface area (Å²) in [6, 6.07) is 13.2. The average Bonchev–Trinajstić information content (AvgIpc) is 2.97. The van der Waals surface area contributed by atoms with Crippen molar-refractivity contribution in [1.82, 2.24) is 0 Å². The summed E-state index contributed by atoms with van der Waals surface area (Å²) < 4.78 is 16.1. The maximum absolute atomic E-state index is 6.02. The molecule has 3 rings (SSSR count). The van der Waals surface area contributed by atoms with Crippen molar-refractivity contribution >= 4 is 35.6 Å². The maximum atomic E-state index is 6.02. The zero-order valence-electron chi connectivity index (χ0n) is 13.5. The van der Waals surface area contributed by atoms with Gasteiger partial charge in [0, 0.05) is 17.3 Å². The number of methoxy groups -OCH3 is 2. The molecule has 1 heterocycles. The van der Waals surface area contributed by atoms with Crippen molar-refractivity contribution in [1.29, 1.82) is 0 Å². The molecule has 3 N–H and O–H groups in total. The number of anilines is 1. The number of ether oxygens (including phenoxy) is 3. The average molecular weight is 441 g/mol. The summed E-state index contributed by atoms with van der Waals surface area (Å²) in [5.74, 6) is 2.47. The first kappa shape index (κ1) is 18.2. The fourth-order valence-corrected chi connectivity index (χ4v) is 2.51. The molecule has 6 nitrogen and oxygen atoms in total. The van der Waals surface area contributed by atoms with Gasteiger partial charge in [0.2, 0.25) is 0 Å². The summed E-state index contributed by atoms with van der Waals surface area (Å²) in [5.41, 5.74) is 7.84. The molecule has 2 aromatic carbocycles. The van der Waals surface area contributed by atoms with E-state index in [0.29, 0.717) is 24.1 Å². The number of aliphatic imine (C=N–C) groups is 1. The van der Waals surface area contributed by atoms with Gasteiger partial charge in [0.1, 0.15) is 18.4 Å². The molecule has 1 aliphatic heterocycles. The van der Waals surface area contributed by atoms with E-state index < -0.39 is 0 Å². The van der Waals surface area contributed by atoms with Gasteiger partial charge in [-0.15, -0.1) is 24.0 Å². The molecule has 7 heteroatoms. The van der Waals surface area contributed by atoms with Crippen LogP contribution < -0.4 is 25.3 Å². The quantitative estimate of drug-likeness (QED) is 0.433. The summed E-state index contributed by atoms with van der Waals surface area (Å²) in [7, 11) is 3.18. The van der Waals surface area contributed by atoms with Crippen molar-refractivity contribution in [2.24, 2.45) is 10.7 Å². The van der Waals surface area contributed by atoms with Crippen molar-refractivity contribution in [2.45, 2.75) is 6.04 Å². The van der Waals surface area contributed by atoms with Crippen molar-refractivity contribution in [3.63, 3.8) is 0 Å². The summed E-state index contributed by atoms with van der Waals surface area (Å²) in [6.07, 6.45) is 0. The summed E-state index contributed by atoms with van der Waals surface area (Å²) in [6.45, 7) is 0.494. The van der Waals surface area contributed by atoms with E-state index in [1.807, 2.05) is 36.4 Å². The zero-order chi connectivity index (χ0) is 16.2. The maximum Gasteiger partial charge on any atom is 0.193 e. The topological polar surface area (TPSA) is 78.1 Å². The fourth-order valence-electron chi connectivity index (χ4n) is 2.51. The number of nitrogens with two attached hydrogens (primary N) is 1. The van der Waals surface area contributed by atoms with Crippen LogP contribution in [0.3, 0.4) is 0 Å². The Morgan fingerprint density at radius 2 is 1.92 bits per heavy atom. The minimum atomic E-state index is -0.0983. The van der Waals surface area contributed by atoms with Crippen molar-refractivity contribution in [2.75, 3.05) is 26.1 Å². The summed E-state index contributed by atoms with van der Waals surface area (Å²) in [4.78, 5) is 4.50. The van der Waals surface area contributed by atoms with E-state index in [1.54, 1.807) is 20.3 Å². The van der Waals surface area contributed by atoms with E-state index in [0.717, 1.165) is 17.0 Å². The predicted octanol–water partition coefficient (Wildman–Crippen LogP) is 3.18. The van der Waals surface area contributed by atoms with Crippen LogP contribution in [0.1, 0.15) is 11.6 Å². The molecular formula is C17H20IN3O3. The highest BCUT2D eigenvalue weighted by Gasteiger charge is 2.23. The molecule has 0 spiro atoms. The summed E-state index contributed by atoms with van der Waals surface area (Å²) in [5, 5.41) is 3.06. The molecule has 1 atom stereocenters. The van der Waals surface area contributed by atoms with Gasteiger partial charge in [-0.2, -0.15) is 0 Å². The van der Waals surface area contributed by atoms with Gasteiger partial charge in [-0.05, 0) is 18.2 Å². The molecule has 0 aliphatic carbocycles. The van der Waals surface area contributed by atoms with E-state index in [1.165, 1.54) is 0 Å². The molecule has 0 radical (unpaired) electrons. The Balaban J connectivity index is 0.00000208. The van der Waals surface area contributed by atoms with Crippen LogP contribution in [0.5, 0.6) is 17.2 Å². The molecule has 128 valence electrons.